The molecule has 2 aromatic rings. The maximum atomic E-state index is 9.00. The second kappa shape index (κ2) is 5.45. The molecule has 0 aliphatic heterocycles. The summed E-state index contributed by atoms with van der Waals surface area (Å²) >= 11 is 0. The monoisotopic (exact) mass is 260 g/mol. The molecule has 19 heavy (non-hydrogen) atoms. The van der Waals surface area contributed by atoms with E-state index in [1.54, 1.807) is 7.11 Å². The van der Waals surface area contributed by atoms with Crippen LogP contribution in [0.5, 0.6) is 5.75 Å². The van der Waals surface area contributed by atoms with Crippen LogP contribution in [0.25, 0.3) is 11.3 Å². The number of methoxy groups -OCH3 is 1. The van der Waals surface area contributed by atoms with Crippen LogP contribution in [0.15, 0.2) is 12.1 Å². The van der Waals surface area contributed by atoms with E-state index >= 15 is 0 Å². The van der Waals surface area contributed by atoms with Crippen LogP contribution >= 0.6 is 0 Å². The van der Waals surface area contributed by atoms with Gasteiger partial charge in [-0.3, -0.25) is 0 Å². The van der Waals surface area contributed by atoms with E-state index in [-0.39, 0.29) is 6.61 Å². The molecule has 102 valence electrons. The first-order valence-electron chi connectivity index (χ1n) is 6.38. The molecule has 1 aromatic carbocycles. The van der Waals surface area contributed by atoms with Crippen molar-refractivity contribution in [2.24, 2.45) is 0 Å². The molecule has 0 amide bonds. The minimum Gasteiger partial charge on any atom is -0.496 e. The molecular weight excluding hydrogens is 240 g/mol. The van der Waals surface area contributed by atoms with Gasteiger partial charge in [0.25, 0.3) is 0 Å². The van der Waals surface area contributed by atoms with Gasteiger partial charge in [-0.25, -0.2) is 4.98 Å². The second-order valence-corrected chi connectivity index (χ2v) is 4.79. The van der Waals surface area contributed by atoms with Crippen LogP contribution in [0.2, 0.25) is 0 Å². The number of imidazole rings is 1. The Labute approximate surface area is 113 Å². The second-order valence-electron chi connectivity index (χ2n) is 4.79. The topological polar surface area (TPSA) is 58.1 Å². The molecule has 0 atom stereocenters. The zero-order chi connectivity index (χ0) is 14.0. The third-order valence-corrected chi connectivity index (χ3v) is 3.18. The lowest BCUT2D eigenvalue weighted by Crippen LogP contribution is -1.95. The summed E-state index contributed by atoms with van der Waals surface area (Å²) in [5.74, 6) is 1.64. The van der Waals surface area contributed by atoms with Gasteiger partial charge in [0.15, 0.2) is 0 Å². The van der Waals surface area contributed by atoms with E-state index in [0.717, 1.165) is 34.1 Å². The van der Waals surface area contributed by atoms with Gasteiger partial charge in [-0.1, -0.05) is 6.07 Å². The van der Waals surface area contributed by atoms with Gasteiger partial charge >= 0.3 is 0 Å². The molecule has 1 heterocycles. The van der Waals surface area contributed by atoms with Crippen molar-refractivity contribution in [1.82, 2.24) is 9.97 Å². The predicted molar refractivity (Wildman–Crippen MR) is 75.6 cm³/mol. The Morgan fingerprint density at radius 3 is 2.63 bits per heavy atom. The molecule has 2 rings (SSSR count). The van der Waals surface area contributed by atoms with Crippen molar-refractivity contribution in [3.05, 3.63) is 34.8 Å². The summed E-state index contributed by atoms with van der Waals surface area (Å²) < 4.78 is 5.48. The van der Waals surface area contributed by atoms with Crippen LogP contribution in [0.1, 0.15) is 22.6 Å². The van der Waals surface area contributed by atoms with Crippen molar-refractivity contribution in [2.45, 2.75) is 27.2 Å². The number of aryl methyl sites for hydroxylation is 3. The van der Waals surface area contributed by atoms with E-state index < -0.39 is 0 Å². The Morgan fingerprint density at radius 2 is 2.00 bits per heavy atom. The molecule has 0 bridgehead atoms. The third-order valence-electron chi connectivity index (χ3n) is 3.18. The van der Waals surface area contributed by atoms with Crippen LogP contribution in [-0.4, -0.2) is 28.8 Å². The predicted octanol–water partition coefficient (Wildman–Crippen LogP) is 2.55. The van der Waals surface area contributed by atoms with Crippen molar-refractivity contribution >= 4 is 0 Å². The fraction of sp³-hybridized carbons (Fsp3) is 0.400. The molecule has 0 saturated carbocycles. The molecule has 0 aliphatic carbocycles. The molecule has 0 fully saturated rings. The van der Waals surface area contributed by atoms with E-state index in [1.165, 1.54) is 5.56 Å². The van der Waals surface area contributed by atoms with Crippen LogP contribution in [-0.2, 0) is 6.42 Å². The molecule has 1 aromatic heterocycles. The van der Waals surface area contributed by atoms with Crippen LogP contribution in [0.4, 0.5) is 0 Å². The summed E-state index contributed by atoms with van der Waals surface area (Å²) in [6, 6.07) is 4.14. The average Bonchev–Trinajstić information content (AvgIpc) is 2.69. The Bertz CT molecular complexity index is 588. The maximum absolute atomic E-state index is 9.00. The number of aliphatic hydroxyl groups excluding tert-OH is 1. The molecule has 2 N–H and O–H groups in total. The summed E-state index contributed by atoms with van der Waals surface area (Å²) in [6.45, 7) is 6.19. The van der Waals surface area contributed by atoms with Gasteiger partial charge < -0.3 is 14.8 Å². The number of rotatable bonds is 4. The quantitative estimate of drug-likeness (QED) is 0.888. The first-order chi connectivity index (χ1) is 9.06. The highest BCUT2D eigenvalue weighted by Gasteiger charge is 2.16. The minimum atomic E-state index is 0.0937. The number of nitrogens with zero attached hydrogens (tertiary/aromatic N) is 1. The molecular formula is C15H20N2O2. The molecule has 0 unspecified atom stereocenters. The van der Waals surface area contributed by atoms with E-state index in [2.05, 4.69) is 23.0 Å². The first kappa shape index (κ1) is 13.6. The Balaban J connectivity index is 2.58. The van der Waals surface area contributed by atoms with Crippen LogP contribution in [0, 0.1) is 20.8 Å². The SMILES string of the molecule is COc1cc(C)cc(C)c1-c1nc(CCO)[nH]c1C. The molecule has 0 spiro atoms. The maximum Gasteiger partial charge on any atom is 0.128 e. The third kappa shape index (κ3) is 2.63. The van der Waals surface area contributed by atoms with Crippen LogP contribution < -0.4 is 4.74 Å². The van der Waals surface area contributed by atoms with Gasteiger partial charge in [-0.15, -0.1) is 0 Å². The highest BCUT2D eigenvalue weighted by atomic mass is 16.5. The van der Waals surface area contributed by atoms with E-state index in [1.807, 2.05) is 19.9 Å². The highest BCUT2D eigenvalue weighted by Crippen LogP contribution is 2.34. The average molecular weight is 260 g/mol. The Morgan fingerprint density at radius 1 is 1.26 bits per heavy atom. The fourth-order valence-electron chi connectivity index (χ4n) is 2.38. The zero-order valence-corrected chi connectivity index (χ0v) is 11.9. The van der Waals surface area contributed by atoms with Crippen molar-refractivity contribution in [1.29, 1.82) is 0 Å². The number of H-pyrrole nitrogens is 1. The summed E-state index contributed by atoms with van der Waals surface area (Å²) in [5.41, 5.74) is 5.22. The van der Waals surface area contributed by atoms with Crippen molar-refractivity contribution in [2.75, 3.05) is 13.7 Å². The van der Waals surface area contributed by atoms with Crippen molar-refractivity contribution in [3.63, 3.8) is 0 Å². The van der Waals surface area contributed by atoms with Gasteiger partial charge in [0.1, 0.15) is 11.6 Å². The largest absolute Gasteiger partial charge is 0.496 e. The lowest BCUT2D eigenvalue weighted by Gasteiger charge is -2.12. The van der Waals surface area contributed by atoms with E-state index in [0.29, 0.717) is 6.42 Å². The lowest BCUT2D eigenvalue weighted by atomic mass is 10.0. The highest BCUT2D eigenvalue weighted by molar-refractivity contribution is 5.73. The standard InChI is InChI=1S/C15H20N2O2/c1-9-7-10(2)14(12(8-9)19-4)15-11(3)16-13(17-15)5-6-18/h7-8,18H,5-6H2,1-4H3,(H,16,17). The lowest BCUT2D eigenvalue weighted by molar-refractivity contribution is 0.297. The minimum absolute atomic E-state index is 0.0937. The van der Waals surface area contributed by atoms with E-state index in [9.17, 15) is 0 Å². The first-order valence-corrected chi connectivity index (χ1v) is 6.38. The smallest absolute Gasteiger partial charge is 0.128 e. The number of aromatic nitrogens is 2. The number of hydrogen-bond acceptors (Lipinski definition) is 3. The number of nitrogens with one attached hydrogen (secondary N) is 1. The molecule has 4 nitrogen and oxygen atoms in total. The summed E-state index contributed by atoms with van der Waals surface area (Å²) in [7, 11) is 1.67. The number of aliphatic hydroxyl groups is 1. The Hall–Kier alpha value is -1.81. The molecule has 0 saturated heterocycles. The summed E-state index contributed by atoms with van der Waals surface area (Å²) in [6.07, 6.45) is 0.536. The van der Waals surface area contributed by atoms with Crippen molar-refractivity contribution in [3.8, 4) is 17.0 Å². The van der Waals surface area contributed by atoms with Gasteiger partial charge in [0.05, 0.1) is 19.4 Å². The van der Waals surface area contributed by atoms with Gasteiger partial charge in [0.2, 0.25) is 0 Å². The number of benzene rings is 1. The number of ether oxygens (including phenoxy) is 1. The summed E-state index contributed by atoms with van der Waals surface area (Å²) in [4.78, 5) is 7.78. The number of hydrogen-bond donors (Lipinski definition) is 2. The van der Waals surface area contributed by atoms with Gasteiger partial charge in [-0.2, -0.15) is 0 Å². The Kier molecular flexibility index (Phi) is 3.90. The fourth-order valence-corrected chi connectivity index (χ4v) is 2.38. The number of aromatic amines is 1. The molecule has 0 aliphatic rings. The van der Waals surface area contributed by atoms with Crippen molar-refractivity contribution < 1.29 is 9.84 Å². The van der Waals surface area contributed by atoms with Gasteiger partial charge in [-0.05, 0) is 38.0 Å². The van der Waals surface area contributed by atoms with Gasteiger partial charge in [0, 0.05) is 17.7 Å². The van der Waals surface area contributed by atoms with E-state index in [4.69, 9.17) is 9.84 Å². The normalized spacial score (nSPS) is 10.8. The summed E-state index contributed by atoms with van der Waals surface area (Å²) in [5, 5.41) is 9.00. The zero-order valence-electron chi connectivity index (χ0n) is 11.9. The molecule has 0 radical (unpaired) electrons. The van der Waals surface area contributed by atoms with Crippen LogP contribution in [0.3, 0.4) is 0 Å². The molecule has 4 heteroatoms.